The Labute approximate surface area is 109 Å². The summed E-state index contributed by atoms with van der Waals surface area (Å²) in [5.74, 6) is 0.0308. The van der Waals surface area contributed by atoms with Gasteiger partial charge in [-0.15, -0.1) is 0 Å². The second-order valence-electron chi connectivity index (χ2n) is 3.64. The van der Waals surface area contributed by atoms with Crippen LogP contribution in [-0.4, -0.2) is 49.3 Å². The molecule has 0 saturated carbocycles. The predicted molar refractivity (Wildman–Crippen MR) is 65.6 cm³/mol. The third-order valence-electron chi connectivity index (χ3n) is 2.20. The van der Waals surface area contributed by atoms with Crippen molar-refractivity contribution in [2.45, 2.75) is 19.1 Å². The summed E-state index contributed by atoms with van der Waals surface area (Å²) in [4.78, 5) is 40.9. The highest BCUT2D eigenvalue weighted by Gasteiger charge is 2.34. The number of hydrogen-bond acceptors (Lipinski definition) is 9. The minimum atomic E-state index is -4.29. The number of hydrogen-bond donors (Lipinski definition) is 4. The van der Waals surface area contributed by atoms with Gasteiger partial charge in [0.2, 0.25) is 0 Å². The Bertz CT molecular complexity index is 461. The molecule has 0 saturated heterocycles. The van der Waals surface area contributed by atoms with E-state index in [2.05, 4.69) is 14.6 Å². The van der Waals surface area contributed by atoms with E-state index in [-0.39, 0.29) is 19.0 Å². The Balaban J connectivity index is 2.51. The third kappa shape index (κ3) is 6.01. The van der Waals surface area contributed by atoms with E-state index in [1.54, 1.807) is 0 Å². The summed E-state index contributed by atoms with van der Waals surface area (Å²) in [6.07, 6.45) is 0.998. The number of nitrogen functional groups attached to an aromatic ring is 1. The number of nitrogens with zero attached hydrogens (tertiary/aromatic N) is 3. The Morgan fingerprint density at radius 2 is 2.21 bits per heavy atom. The first-order valence-corrected chi connectivity index (χ1v) is 6.82. The smallest absolute Gasteiger partial charge is 0.382 e. The number of aryl methyl sites for hydroxylation is 1. The SMILES string of the molecule is COC(CCn1ncc(N)nc1=O)CO[P+](O)(O)O. The number of anilines is 1. The first-order chi connectivity index (χ1) is 8.81. The fraction of sp³-hybridized carbons (Fsp3) is 0.625. The fourth-order valence-electron chi connectivity index (χ4n) is 1.25. The Morgan fingerprint density at radius 1 is 1.53 bits per heavy atom. The maximum Gasteiger partial charge on any atom is 0.567 e. The van der Waals surface area contributed by atoms with Gasteiger partial charge in [0, 0.05) is 13.7 Å². The zero-order valence-electron chi connectivity index (χ0n) is 10.2. The summed E-state index contributed by atoms with van der Waals surface area (Å²) in [6.45, 7) is -0.0490. The van der Waals surface area contributed by atoms with Gasteiger partial charge in [0.15, 0.2) is 0 Å². The van der Waals surface area contributed by atoms with E-state index in [4.69, 9.17) is 25.2 Å². The molecule has 108 valence electrons. The van der Waals surface area contributed by atoms with Crippen molar-refractivity contribution in [1.82, 2.24) is 14.8 Å². The van der Waals surface area contributed by atoms with E-state index in [0.29, 0.717) is 6.42 Å². The van der Waals surface area contributed by atoms with E-state index >= 15 is 0 Å². The largest absolute Gasteiger partial charge is 0.567 e. The molecule has 0 radical (unpaired) electrons. The molecule has 0 aliphatic rings. The maximum absolute atomic E-state index is 11.4. The highest BCUT2D eigenvalue weighted by Crippen LogP contribution is 2.45. The molecule has 1 rings (SSSR count). The molecule has 1 aromatic rings. The molecular formula is C8H16N4O6P+. The van der Waals surface area contributed by atoms with E-state index in [1.807, 2.05) is 0 Å². The fourth-order valence-corrected chi connectivity index (χ4v) is 1.61. The minimum Gasteiger partial charge on any atom is -0.382 e. The molecule has 1 aromatic heterocycles. The van der Waals surface area contributed by atoms with Crippen LogP contribution in [0, 0.1) is 0 Å². The molecule has 0 spiro atoms. The van der Waals surface area contributed by atoms with Crippen molar-refractivity contribution in [3.05, 3.63) is 16.7 Å². The lowest BCUT2D eigenvalue weighted by Crippen LogP contribution is -2.29. The summed E-state index contributed by atoms with van der Waals surface area (Å²) in [5, 5.41) is 3.77. The van der Waals surface area contributed by atoms with Gasteiger partial charge in [0.25, 0.3) is 0 Å². The Kier molecular flexibility index (Phi) is 5.73. The molecule has 1 atom stereocenters. The molecule has 10 nitrogen and oxygen atoms in total. The molecular weight excluding hydrogens is 279 g/mol. The van der Waals surface area contributed by atoms with Gasteiger partial charge in [-0.25, -0.2) is 9.48 Å². The summed E-state index contributed by atoms with van der Waals surface area (Å²) in [6, 6.07) is 0. The molecule has 0 aromatic carbocycles. The quantitative estimate of drug-likeness (QED) is 0.431. The van der Waals surface area contributed by atoms with Gasteiger partial charge in [-0.05, 0) is 6.42 Å². The van der Waals surface area contributed by atoms with E-state index < -0.39 is 20.0 Å². The molecule has 0 aliphatic carbocycles. The van der Waals surface area contributed by atoms with Gasteiger partial charge in [-0.2, -0.15) is 29.3 Å². The average Bonchev–Trinajstić information content (AvgIpc) is 2.30. The molecule has 0 aliphatic heterocycles. The molecule has 1 heterocycles. The number of aromatic nitrogens is 3. The van der Waals surface area contributed by atoms with Crippen LogP contribution in [0.25, 0.3) is 0 Å². The van der Waals surface area contributed by atoms with Crippen LogP contribution in [0.15, 0.2) is 11.0 Å². The van der Waals surface area contributed by atoms with Crippen molar-refractivity contribution in [1.29, 1.82) is 0 Å². The van der Waals surface area contributed by atoms with Crippen molar-refractivity contribution in [2.24, 2.45) is 0 Å². The van der Waals surface area contributed by atoms with Crippen LogP contribution < -0.4 is 11.4 Å². The monoisotopic (exact) mass is 295 g/mol. The van der Waals surface area contributed by atoms with Crippen LogP contribution >= 0.6 is 8.17 Å². The summed E-state index contributed by atoms with van der Waals surface area (Å²) < 4.78 is 10.5. The summed E-state index contributed by atoms with van der Waals surface area (Å²) >= 11 is 0. The van der Waals surface area contributed by atoms with Crippen LogP contribution in [0.2, 0.25) is 0 Å². The van der Waals surface area contributed by atoms with Crippen LogP contribution in [0.5, 0.6) is 0 Å². The van der Waals surface area contributed by atoms with E-state index in [1.165, 1.54) is 13.3 Å². The highest BCUT2D eigenvalue weighted by molar-refractivity contribution is 7.53. The normalized spacial score (nSPS) is 13.5. The van der Waals surface area contributed by atoms with Crippen molar-refractivity contribution in [2.75, 3.05) is 19.5 Å². The lowest BCUT2D eigenvalue weighted by atomic mass is 10.3. The van der Waals surface area contributed by atoms with Crippen molar-refractivity contribution in [3.63, 3.8) is 0 Å². The Morgan fingerprint density at radius 3 is 2.74 bits per heavy atom. The zero-order valence-corrected chi connectivity index (χ0v) is 11.1. The van der Waals surface area contributed by atoms with Crippen LogP contribution in [0.1, 0.15) is 6.42 Å². The first kappa shape index (κ1) is 15.9. The summed E-state index contributed by atoms with van der Waals surface area (Å²) in [7, 11) is -2.90. The highest BCUT2D eigenvalue weighted by atomic mass is 31.2. The van der Waals surface area contributed by atoms with Crippen molar-refractivity contribution in [3.8, 4) is 0 Å². The summed E-state index contributed by atoms with van der Waals surface area (Å²) in [5.41, 5.74) is 4.70. The molecule has 0 bridgehead atoms. The maximum atomic E-state index is 11.4. The minimum absolute atomic E-state index is 0.0308. The molecule has 1 unspecified atom stereocenters. The molecule has 11 heteroatoms. The van der Waals surface area contributed by atoms with Gasteiger partial charge in [0.05, 0.1) is 12.3 Å². The van der Waals surface area contributed by atoms with Crippen LogP contribution in [0.3, 0.4) is 0 Å². The molecule has 0 fully saturated rings. The van der Waals surface area contributed by atoms with E-state index in [0.717, 1.165) is 4.68 Å². The molecule has 5 N–H and O–H groups in total. The van der Waals surface area contributed by atoms with Crippen molar-refractivity contribution < 1.29 is 23.9 Å². The second kappa shape index (κ2) is 6.85. The first-order valence-electron chi connectivity index (χ1n) is 5.26. The lowest BCUT2D eigenvalue weighted by molar-refractivity contribution is 0.0295. The van der Waals surface area contributed by atoms with Gasteiger partial charge >= 0.3 is 13.9 Å². The average molecular weight is 295 g/mol. The predicted octanol–water partition coefficient (Wildman–Crippen LogP) is -1.70. The number of nitrogens with two attached hydrogens (primary N) is 1. The van der Waals surface area contributed by atoms with Crippen LogP contribution in [0.4, 0.5) is 5.82 Å². The Hall–Kier alpha value is -1.16. The van der Waals surface area contributed by atoms with E-state index in [9.17, 15) is 4.79 Å². The number of methoxy groups -OCH3 is 1. The standard InChI is InChI=1S/C8H15N4O6P/c1-17-6(5-18-19(14,15)16)2-3-12-8(13)11-7(9)4-10-12/h4,6,14-16H,2-3,5H2,1H3,(H-,9,11,13)/p+1. The second-order valence-corrected chi connectivity index (χ2v) is 4.93. The van der Waals surface area contributed by atoms with Crippen LogP contribution in [-0.2, 0) is 15.8 Å². The molecule has 0 amide bonds. The van der Waals surface area contributed by atoms with Gasteiger partial charge in [-0.3, -0.25) is 0 Å². The zero-order chi connectivity index (χ0) is 14.5. The number of ether oxygens (including phenoxy) is 1. The topological polar surface area (TPSA) is 153 Å². The lowest BCUT2D eigenvalue weighted by Gasteiger charge is -2.14. The van der Waals surface area contributed by atoms with Gasteiger partial charge in [0.1, 0.15) is 12.4 Å². The third-order valence-corrected chi connectivity index (χ3v) is 2.70. The van der Waals surface area contributed by atoms with Gasteiger partial charge < -0.3 is 10.5 Å². The number of rotatable bonds is 7. The van der Waals surface area contributed by atoms with Gasteiger partial charge in [-0.1, -0.05) is 0 Å². The van der Waals surface area contributed by atoms with Crippen molar-refractivity contribution >= 4 is 14.0 Å². The molecule has 19 heavy (non-hydrogen) atoms.